The Hall–Kier alpha value is -2.60. The number of aromatic nitrogens is 2. The number of hydrogen-bond donors (Lipinski definition) is 2. The van der Waals surface area contributed by atoms with Gasteiger partial charge in [0.25, 0.3) is 5.91 Å². The standard InChI is InChI=1S/C29H36Cl2N4O/c1-7-9-22(8-2)21(6)32-14-15-33-29(36)27-20(5)28(23-11-10-18(3)19(4)16-23)35(34-27)26-13-12-24(30)17-25(26)31/h7,10-13,16-17,21-22,32H,1,8-9,14-15H2,2-6H3,(H,33,36). The lowest BCUT2D eigenvalue weighted by molar-refractivity contribution is 0.0947. The number of carbonyl (C=O) groups is 1. The number of carbonyl (C=O) groups excluding carboxylic acids is 1. The van der Waals surface area contributed by atoms with E-state index in [0.29, 0.717) is 46.5 Å². The number of halogens is 2. The summed E-state index contributed by atoms with van der Waals surface area (Å²) in [4.78, 5) is 13.2. The van der Waals surface area contributed by atoms with Gasteiger partial charge in [0.05, 0.1) is 16.4 Å². The monoisotopic (exact) mass is 526 g/mol. The smallest absolute Gasteiger partial charge is 0.272 e. The van der Waals surface area contributed by atoms with Crippen molar-refractivity contribution in [3.05, 3.63) is 81.5 Å². The van der Waals surface area contributed by atoms with E-state index in [0.717, 1.165) is 35.2 Å². The van der Waals surface area contributed by atoms with Crippen LogP contribution in [0.2, 0.25) is 10.0 Å². The van der Waals surface area contributed by atoms with Crippen LogP contribution in [0.1, 0.15) is 53.9 Å². The maximum atomic E-state index is 13.2. The van der Waals surface area contributed by atoms with Gasteiger partial charge in [-0.15, -0.1) is 6.58 Å². The van der Waals surface area contributed by atoms with E-state index >= 15 is 0 Å². The highest BCUT2D eigenvalue weighted by Gasteiger charge is 2.23. The summed E-state index contributed by atoms with van der Waals surface area (Å²) in [5.41, 5.74) is 5.99. The Kier molecular flexibility index (Phi) is 9.77. The average Bonchev–Trinajstić information content (AvgIpc) is 3.18. The van der Waals surface area contributed by atoms with Crippen molar-refractivity contribution in [1.82, 2.24) is 20.4 Å². The van der Waals surface area contributed by atoms with Gasteiger partial charge in [0.2, 0.25) is 0 Å². The zero-order valence-corrected chi connectivity index (χ0v) is 23.3. The van der Waals surface area contributed by atoms with E-state index in [2.05, 4.69) is 57.0 Å². The van der Waals surface area contributed by atoms with Crippen LogP contribution >= 0.6 is 23.2 Å². The summed E-state index contributed by atoms with van der Waals surface area (Å²) in [6, 6.07) is 11.9. The van der Waals surface area contributed by atoms with Gasteiger partial charge in [-0.3, -0.25) is 4.79 Å². The Bertz CT molecular complexity index is 1230. The Labute approximate surface area is 224 Å². The maximum Gasteiger partial charge on any atom is 0.272 e. The number of hydrogen-bond acceptors (Lipinski definition) is 3. The van der Waals surface area contributed by atoms with Crippen molar-refractivity contribution in [3.8, 4) is 16.9 Å². The van der Waals surface area contributed by atoms with Crippen LogP contribution in [0.4, 0.5) is 0 Å². The molecule has 0 spiro atoms. The molecule has 5 nitrogen and oxygen atoms in total. The van der Waals surface area contributed by atoms with Gasteiger partial charge in [-0.05, 0) is 75.4 Å². The van der Waals surface area contributed by atoms with Crippen LogP contribution in [0.15, 0.2) is 49.1 Å². The largest absolute Gasteiger partial charge is 0.349 e. The first-order chi connectivity index (χ1) is 17.2. The Morgan fingerprint density at radius 1 is 1.11 bits per heavy atom. The zero-order chi connectivity index (χ0) is 26.4. The summed E-state index contributed by atoms with van der Waals surface area (Å²) in [5.74, 6) is 0.315. The molecule has 3 rings (SSSR count). The van der Waals surface area contributed by atoms with Crippen LogP contribution in [0.25, 0.3) is 16.9 Å². The van der Waals surface area contributed by atoms with Crippen molar-refractivity contribution in [2.45, 2.75) is 53.5 Å². The molecule has 0 aliphatic carbocycles. The molecule has 2 aromatic carbocycles. The molecule has 1 aromatic heterocycles. The zero-order valence-electron chi connectivity index (χ0n) is 21.8. The molecule has 0 saturated heterocycles. The summed E-state index contributed by atoms with van der Waals surface area (Å²) < 4.78 is 1.74. The first-order valence-electron chi connectivity index (χ1n) is 12.4. The Morgan fingerprint density at radius 3 is 2.50 bits per heavy atom. The van der Waals surface area contributed by atoms with Gasteiger partial charge in [-0.1, -0.05) is 54.8 Å². The number of allylic oxidation sites excluding steroid dienone is 1. The van der Waals surface area contributed by atoms with Gasteiger partial charge in [-0.25, -0.2) is 4.68 Å². The molecule has 3 aromatic rings. The van der Waals surface area contributed by atoms with Crippen molar-refractivity contribution in [1.29, 1.82) is 0 Å². The fourth-order valence-corrected chi connectivity index (χ4v) is 4.92. The molecule has 0 radical (unpaired) electrons. The number of nitrogens with one attached hydrogen (secondary N) is 2. The second kappa shape index (κ2) is 12.6. The lowest BCUT2D eigenvalue weighted by atomic mass is 9.95. The van der Waals surface area contributed by atoms with E-state index in [1.54, 1.807) is 16.8 Å². The van der Waals surface area contributed by atoms with Crippen LogP contribution in [-0.2, 0) is 0 Å². The minimum Gasteiger partial charge on any atom is -0.349 e. The molecular weight excluding hydrogens is 491 g/mol. The van der Waals surface area contributed by atoms with Gasteiger partial charge in [-0.2, -0.15) is 5.10 Å². The second-order valence-corrected chi connectivity index (χ2v) is 10.2. The molecule has 0 fully saturated rings. The van der Waals surface area contributed by atoms with Crippen LogP contribution in [0, 0.1) is 26.7 Å². The molecule has 2 atom stereocenters. The SMILES string of the molecule is C=CCC(CC)C(C)NCCNC(=O)c1nn(-c2ccc(Cl)cc2Cl)c(-c2ccc(C)c(C)c2)c1C. The number of rotatable bonds is 11. The van der Waals surface area contributed by atoms with E-state index in [-0.39, 0.29) is 5.91 Å². The normalized spacial score (nSPS) is 12.9. The van der Waals surface area contributed by atoms with E-state index in [4.69, 9.17) is 28.3 Å². The molecule has 0 saturated carbocycles. The summed E-state index contributed by atoms with van der Waals surface area (Å²) in [7, 11) is 0. The van der Waals surface area contributed by atoms with Crippen molar-refractivity contribution >= 4 is 29.1 Å². The molecule has 0 aliphatic heterocycles. The van der Waals surface area contributed by atoms with Crippen molar-refractivity contribution in [2.75, 3.05) is 13.1 Å². The van der Waals surface area contributed by atoms with Gasteiger partial charge >= 0.3 is 0 Å². The molecule has 192 valence electrons. The number of nitrogens with zero attached hydrogens (tertiary/aromatic N) is 2. The minimum atomic E-state index is -0.214. The predicted octanol–water partition coefficient (Wildman–Crippen LogP) is 7.08. The molecule has 1 heterocycles. The Morgan fingerprint density at radius 2 is 1.86 bits per heavy atom. The predicted molar refractivity (Wildman–Crippen MR) is 152 cm³/mol. The van der Waals surface area contributed by atoms with Crippen molar-refractivity contribution in [2.24, 2.45) is 5.92 Å². The third-order valence-corrected chi connectivity index (χ3v) is 7.37. The lowest BCUT2D eigenvalue weighted by Gasteiger charge is -2.22. The molecular formula is C29H36Cl2N4O. The van der Waals surface area contributed by atoms with Crippen molar-refractivity contribution in [3.63, 3.8) is 0 Å². The van der Waals surface area contributed by atoms with Gasteiger partial charge in [0, 0.05) is 35.3 Å². The topological polar surface area (TPSA) is 58.9 Å². The van der Waals surface area contributed by atoms with Gasteiger partial charge < -0.3 is 10.6 Å². The fourth-order valence-electron chi connectivity index (χ4n) is 4.43. The minimum absolute atomic E-state index is 0.214. The van der Waals surface area contributed by atoms with Crippen LogP contribution in [0.5, 0.6) is 0 Å². The lowest BCUT2D eigenvalue weighted by Crippen LogP contribution is -2.39. The molecule has 0 bridgehead atoms. The van der Waals surface area contributed by atoms with Crippen LogP contribution in [0.3, 0.4) is 0 Å². The van der Waals surface area contributed by atoms with Crippen molar-refractivity contribution < 1.29 is 4.79 Å². The summed E-state index contributed by atoms with van der Waals surface area (Å²) in [6.07, 6.45) is 4.02. The average molecular weight is 528 g/mol. The van der Waals surface area contributed by atoms with E-state index in [9.17, 15) is 4.79 Å². The first kappa shape index (κ1) is 28.0. The molecule has 0 aliphatic rings. The van der Waals surface area contributed by atoms with Gasteiger partial charge in [0.15, 0.2) is 5.69 Å². The maximum absolute atomic E-state index is 13.2. The number of benzene rings is 2. The molecule has 36 heavy (non-hydrogen) atoms. The molecule has 2 unspecified atom stereocenters. The van der Waals surface area contributed by atoms with E-state index < -0.39 is 0 Å². The number of aryl methyl sites for hydroxylation is 2. The number of amides is 1. The molecule has 2 N–H and O–H groups in total. The second-order valence-electron chi connectivity index (χ2n) is 9.32. The summed E-state index contributed by atoms with van der Waals surface area (Å²) in [5, 5.41) is 12.3. The van der Waals surface area contributed by atoms with E-state index in [1.807, 2.05) is 25.1 Å². The third-order valence-electron chi connectivity index (χ3n) is 6.83. The van der Waals surface area contributed by atoms with Crippen LogP contribution < -0.4 is 10.6 Å². The van der Waals surface area contributed by atoms with Crippen LogP contribution in [-0.4, -0.2) is 34.8 Å². The van der Waals surface area contributed by atoms with Gasteiger partial charge in [0.1, 0.15) is 0 Å². The van der Waals surface area contributed by atoms with E-state index in [1.165, 1.54) is 5.56 Å². The summed E-state index contributed by atoms with van der Waals surface area (Å²) >= 11 is 12.7. The quantitative estimate of drug-likeness (QED) is 0.207. The first-order valence-corrected chi connectivity index (χ1v) is 13.2. The summed E-state index contributed by atoms with van der Waals surface area (Å²) in [6.45, 7) is 15.5. The molecule has 1 amide bonds. The Balaban J connectivity index is 1.87. The highest BCUT2D eigenvalue weighted by molar-refractivity contribution is 6.35. The molecule has 7 heteroatoms. The fraction of sp³-hybridized carbons (Fsp3) is 0.379. The highest BCUT2D eigenvalue weighted by Crippen LogP contribution is 2.33. The highest BCUT2D eigenvalue weighted by atomic mass is 35.5. The third kappa shape index (κ3) is 6.39.